The minimum atomic E-state index is -1.33. The second kappa shape index (κ2) is 54.9. The van der Waals surface area contributed by atoms with E-state index in [0.717, 1.165) is 136 Å². The van der Waals surface area contributed by atoms with Crippen molar-refractivity contribution in [3.8, 4) is 0 Å². The minimum absolute atomic E-state index is 0. The van der Waals surface area contributed by atoms with Crippen LogP contribution in [0.3, 0.4) is 0 Å². The first-order chi connectivity index (χ1) is 43.3. The molecule has 8 aromatic heterocycles. The van der Waals surface area contributed by atoms with Crippen LogP contribution in [0, 0.1) is 0 Å². The van der Waals surface area contributed by atoms with Crippen molar-refractivity contribution in [2.24, 2.45) is 0 Å². The molecule has 0 saturated carbocycles. The second-order valence-electron chi connectivity index (χ2n) is 18.1. The van der Waals surface area contributed by atoms with E-state index >= 15 is 0 Å². The van der Waals surface area contributed by atoms with Gasteiger partial charge in [0.25, 0.3) is 0 Å². The number of aliphatic hydroxyl groups excluding tert-OH is 3. The van der Waals surface area contributed by atoms with Crippen molar-refractivity contribution in [1.82, 2.24) is 39.9 Å². The Morgan fingerprint density at radius 3 is 0.426 bits per heavy atom. The van der Waals surface area contributed by atoms with E-state index in [0.29, 0.717) is 0 Å². The number of fused-ring (bicyclic) bond motifs is 12. The third-order valence-corrected chi connectivity index (χ3v) is 12.1. The van der Waals surface area contributed by atoms with Crippen LogP contribution in [0.1, 0.15) is 62.2 Å². The Balaban J connectivity index is -0.000000201. The molecule has 0 unspecified atom stereocenters. The van der Waals surface area contributed by atoms with Crippen LogP contribution >= 0.6 is 0 Å². The van der Waals surface area contributed by atoms with Crippen LogP contribution in [-0.2, 0) is 34.1 Å². The fourth-order valence-electron chi connectivity index (χ4n) is 8.20. The first-order valence-electron chi connectivity index (χ1n) is 27.5. The van der Waals surface area contributed by atoms with Crippen molar-refractivity contribution in [3.63, 3.8) is 0 Å². The number of aliphatic hydroxyl groups is 3. The molecule has 0 fully saturated rings. The molecule has 14 rings (SSSR count). The normalized spacial score (nSPS) is 8.77. The van der Waals surface area contributed by atoms with E-state index in [4.69, 9.17) is 15.3 Å². The van der Waals surface area contributed by atoms with Crippen LogP contribution in [0.15, 0.2) is 244 Å². The van der Waals surface area contributed by atoms with E-state index < -0.39 is 23.9 Å². The van der Waals surface area contributed by atoms with Gasteiger partial charge in [0.15, 0.2) is 0 Å². The van der Waals surface area contributed by atoms with Crippen LogP contribution in [0.4, 0.5) is 0 Å². The van der Waals surface area contributed by atoms with E-state index in [1.807, 2.05) is 48.5 Å². The summed E-state index contributed by atoms with van der Waals surface area (Å²) in [6.07, 6.45) is 14.4. The molecule has 29 nitrogen and oxygen atoms in total. The molecule has 8 heterocycles. The molecule has 0 spiro atoms. The largest absolute Gasteiger partial charge is 2.00 e. The zero-order chi connectivity index (χ0) is 63.9. The third kappa shape index (κ3) is 30.3. The van der Waals surface area contributed by atoms with Crippen LogP contribution in [0.25, 0.3) is 87.2 Å². The first kappa shape index (κ1) is 103. The quantitative estimate of drug-likeness (QED) is 0.150. The Hall–Kier alpha value is -11.0. The van der Waals surface area contributed by atoms with Crippen molar-refractivity contribution in [2.45, 2.75) is 20.8 Å². The van der Waals surface area contributed by atoms with Crippen LogP contribution in [0.2, 0.25) is 0 Å². The van der Waals surface area contributed by atoms with Crippen LogP contribution in [-0.4, -0.2) is 154 Å². The number of aromatic nitrogens is 8. The number of carbonyl (C=O) groups excluding carboxylic acids is 4. The second-order valence-corrected chi connectivity index (χ2v) is 18.1. The number of pyridine rings is 8. The molecule has 14 aromatic rings. The van der Waals surface area contributed by atoms with Crippen molar-refractivity contribution in [1.29, 1.82) is 0 Å². The van der Waals surface area contributed by atoms with Gasteiger partial charge in [0, 0.05) is 112 Å². The monoisotopic (exact) mass is 1490 g/mol. The fraction of sp³-hybridized carbons (Fsp3) is 0.0857. The topological polar surface area (TPSA) is 639 Å². The maximum atomic E-state index is 10.2. The summed E-state index contributed by atoms with van der Waals surface area (Å²) in [7, 11) is 0. The van der Waals surface area contributed by atoms with Gasteiger partial charge in [0.2, 0.25) is 0 Å². The van der Waals surface area contributed by atoms with Gasteiger partial charge >= 0.3 is 34.1 Å². The molecule has 2 radical (unpaired) electrons. The number of carboxylic acids is 4. The van der Waals surface area contributed by atoms with Gasteiger partial charge in [-0.3, -0.25) is 39.9 Å². The SMILES string of the molecule is CCO.CCO.CCO.O.O.O.O.O.O.O.O.O.O.O=C([O-])c1ccc(C(=O)[O-])cc1.O=C([O-])c1ccc(C(=O)[O-])cc1.[Cu+2].[Cu+2].c1cnc2c(c1)ccc1cccnc12.c1cnc2c(c1)ccc1cccnc12.c1cnc2c(c1)ccc1cccnc12.c1cnc2c(c1)ccc1cccnc12. The molecular formula is C70H78Cu2N8O21. The summed E-state index contributed by atoms with van der Waals surface area (Å²) in [5, 5.41) is 72.6. The van der Waals surface area contributed by atoms with Crippen molar-refractivity contribution in [3.05, 3.63) is 266 Å². The molecule has 0 aliphatic carbocycles. The Bertz CT molecular complexity index is 3840. The summed E-state index contributed by atoms with van der Waals surface area (Å²) in [6, 6.07) is 57.8. The van der Waals surface area contributed by atoms with E-state index in [2.05, 4.69) is 137 Å². The van der Waals surface area contributed by atoms with Gasteiger partial charge in [-0.25, -0.2) is 0 Å². The standard InChI is InChI=1S/4C12H8N2.2C8H6O4.3C2H6O.2Cu.10H2O/c4*1-3-9-5-6-10-4-2-8-14-12(10)11(9)13-7-1;2*9-7(10)5-1-2-6(4-3-5)8(11)12;3*1-2-3;;;;;;;;;;;;/h4*1-8H;2*1-4H,(H,9,10)(H,11,12);3*3H,2H2,1H3;;;10*1H2/q;;;;;;;;;2*+2;;;;;;;;;;/p-4. The molecule has 0 aliphatic rings. The summed E-state index contributed by atoms with van der Waals surface area (Å²) in [5.74, 6) is -5.33. The fourth-order valence-corrected chi connectivity index (χ4v) is 8.20. The van der Waals surface area contributed by atoms with Crippen molar-refractivity contribution in [2.75, 3.05) is 19.8 Å². The minimum Gasteiger partial charge on any atom is -0.545 e. The first-order valence-corrected chi connectivity index (χ1v) is 27.5. The molecular weight excluding hydrogens is 1420 g/mol. The number of benzene rings is 6. The van der Waals surface area contributed by atoms with E-state index in [-0.39, 0.29) is 131 Å². The number of rotatable bonds is 4. The molecule has 0 amide bonds. The maximum absolute atomic E-state index is 10.2. The zero-order valence-corrected chi connectivity index (χ0v) is 55.9. The summed E-state index contributed by atoms with van der Waals surface area (Å²) >= 11 is 0. The summed E-state index contributed by atoms with van der Waals surface area (Å²) in [4.78, 5) is 75.6. The number of nitrogens with zero attached hydrogens (tertiary/aromatic N) is 8. The summed E-state index contributed by atoms with van der Waals surface area (Å²) in [6.45, 7) is 5.79. The average Bonchev–Trinajstić information content (AvgIpc) is 0.822. The zero-order valence-electron chi connectivity index (χ0n) is 54.0. The molecule has 0 bridgehead atoms. The van der Waals surface area contributed by atoms with Gasteiger partial charge in [-0.1, -0.05) is 146 Å². The molecule has 0 saturated heterocycles. The van der Waals surface area contributed by atoms with Gasteiger partial charge in [0.1, 0.15) is 0 Å². The van der Waals surface area contributed by atoms with Crippen molar-refractivity contribution < 1.29 is 144 Å². The van der Waals surface area contributed by atoms with Crippen LogP contribution in [0.5, 0.6) is 0 Å². The summed E-state index contributed by atoms with van der Waals surface area (Å²) in [5.41, 5.74) is 7.60. The van der Waals surface area contributed by atoms with Crippen molar-refractivity contribution >= 4 is 111 Å². The Labute approximate surface area is 598 Å². The predicted molar refractivity (Wildman–Crippen MR) is 373 cm³/mol. The Morgan fingerprint density at radius 1 is 0.238 bits per heavy atom. The maximum Gasteiger partial charge on any atom is 2.00 e. The molecule has 23 N–H and O–H groups in total. The van der Waals surface area contributed by atoms with Gasteiger partial charge in [-0.2, -0.15) is 0 Å². The van der Waals surface area contributed by atoms with E-state index in [9.17, 15) is 39.6 Å². The molecule has 101 heavy (non-hydrogen) atoms. The van der Waals surface area contributed by atoms with Crippen LogP contribution < -0.4 is 20.4 Å². The third-order valence-electron chi connectivity index (χ3n) is 12.1. The summed E-state index contributed by atoms with van der Waals surface area (Å²) < 4.78 is 0. The Morgan fingerprint density at radius 2 is 0.337 bits per heavy atom. The molecule has 6 aromatic carbocycles. The average molecular weight is 1490 g/mol. The van der Waals surface area contributed by atoms with Gasteiger partial charge in [-0.05, 0) is 91.6 Å². The van der Waals surface area contributed by atoms with Gasteiger partial charge in [0.05, 0.1) is 68.0 Å². The number of carbonyl (C=O) groups is 4. The van der Waals surface area contributed by atoms with Gasteiger partial charge in [-0.15, -0.1) is 0 Å². The van der Waals surface area contributed by atoms with E-state index in [1.54, 1.807) is 70.3 Å². The smallest absolute Gasteiger partial charge is 0.545 e. The Kier molecular flexibility index (Phi) is 56.3. The molecule has 31 heteroatoms. The molecule has 546 valence electrons. The number of hydrogen-bond acceptors (Lipinski definition) is 19. The predicted octanol–water partition coefficient (Wildman–Crippen LogP) is -0.297. The van der Waals surface area contributed by atoms with Gasteiger partial charge < -0.3 is 110 Å². The van der Waals surface area contributed by atoms with E-state index in [1.165, 1.54) is 0 Å². The molecule has 0 atom stereocenters. The molecule has 0 aliphatic heterocycles. The number of aromatic carboxylic acids is 4. The number of carboxylic acid groups (broad SMARTS) is 4. The number of hydrogen-bond donors (Lipinski definition) is 3.